The van der Waals surface area contributed by atoms with Crippen LogP contribution >= 0.6 is 0 Å². The second kappa shape index (κ2) is 9.87. The van der Waals surface area contributed by atoms with E-state index in [-0.39, 0.29) is 30.1 Å². The van der Waals surface area contributed by atoms with Gasteiger partial charge in [0, 0.05) is 18.7 Å². The molecular weight excluding hydrogens is 387 g/mol. The third-order valence-electron chi connectivity index (χ3n) is 4.87. The minimum absolute atomic E-state index is 0.0295. The third kappa shape index (κ3) is 5.79. The van der Waals surface area contributed by atoms with E-state index in [1.807, 2.05) is 0 Å². The molecule has 2 aromatic rings. The third-order valence-corrected chi connectivity index (χ3v) is 4.87. The Morgan fingerprint density at radius 1 is 1.00 bits per heavy atom. The minimum Gasteiger partial charge on any atom is -0.376 e. The summed E-state index contributed by atoms with van der Waals surface area (Å²) in [6.07, 6.45) is 4.18. The molecule has 1 aliphatic carbocycles. The highest BCUT2D eigenvalue weighted by atomic mass is 19.1. The van der Waals surface area contributed by atoms with Crippen molar-refractivity contribution in [2.24, 2.45) is 0 Å². The number of benzene rings is 2. The van der Waals surface area contributed by atoms with E-state index in [1.165, 1.54) is 25.1 Å². The van der Waals surface area contributed by atoms with Gasteiger partial charge in [0.1, 0.15) is 5.82 Å². The number of halogens is 1. The zero-order chi connectivity index (χ0) is 21.5. The summed E-state index contributed by atoms with van der Waals surface area (Å²) in [5.74, 6) is -1.52. The van der Waals surface area contributed by atoms with Crippen molar-refractivity contribution in [3.63, 3.8) is 0 Å². The van der Waals surface area contributed by atoms with Gasteiger partial charge in [0.2, 0.25) is 11.8 Å². The normalized spacial score (nSPS) is 13.5. The quantitative estimate of drug-likeness (QED) is 0.559. The molecule has 0 spiro atoms. The van der Waals surface area contributed by atoms with Gasteiger partial charge in [-0.1, -0.05) is 25.0 Å². The molecule has 30 heavy (non-hydrogen) atoms. The lowest BCUT2D eigenvalue weighted by Gasteiger charge is -2.15. The van der Waals surface area contributed by atoms with Gasteiger partial charge in [0.15, 0.2) is 0 Å². The van der Waals surface area contributed by atoms with Gasteiger partial charge in [0.25, 0.3) is 5.91 Å². The fourth-order valence-corrected chi connectivity index (χ4v) is 3.42. The summed E-state index contributed by atoms with van der Waals surface area (Å²) >= 11 is 0. The zero-order valence-corrected chi connectivity index (χ0v) is 16.8. The van der Waals surface area contributed by atoms with Gasteiger partial charge >= 0.3 is 0 Å². The van der Waals surface area contributed by atoms with E-state index in [9.17, 15) is 18.8 Å². The first-order valence-electron chi connectivity index (χ1n) is 9.93. The van der Waals surface area contributed by atoms with Gasteiger partial charge in [-0.05, 0) is 43.2 Å². The van der Waals surface area contributed by atoms with Crippen LogP contribution in [0.15, 0.2) is 42.5 Å². The van der Waals surface area contributed by atoms with Crippen molar-refractivity contribution in [3.05, 3.63) is 53.8 Å². The van der Waals surface area contributed by atoms with E-state index in [2.05, 4.69) is 21.3 Å². The predicted octanol–water partition coefficient (Wildman–Crippen LogP) is 3.51. The molecule has 7 nitrogen and oxygen atoms in total. The first-order chi connectivity index (χ1) is 14.4. The summed E-state index contributed by atoms with van der Waals surface area (Å²) in [6.45, 7) is 1.19. The Morgan fingerprint density at radius 3 is 2.47 bits per heavy atom. The van der Waals surface area contributed by atoms with Crippen LogP contribution in [0.2, 0.25) is 0 Å². The summed E-state index contributed by atoms with van der Waals surface area (Å²) in [5.41, 5.74) is 1.34. The van der Waals surface area contributed by atoms with Gasteiger partial charge in [-0.15, -0.1) is 0 Å². The molecule has 1 saturated carbocycles. The first-order valence-corrected chi connectivity index (χ1v) is 9.93. The van der Waals surface area contributed by atoms with Crippen LogP contribution in [0.1, 0.15) is 43.0 Å². The number of rotatable bonds is 7. The molecule has 0 atom stereocenters. The molecule has 4 N–H and O–H groups in total. The van der Waals surface area contributed by atoms with Gasteiger partial charge in [-0.25, -0.2) is 4.39 Å². The Balaban J connectivity index is 1.60. The molecule has 1 aliphatic rings. The number of hydrogen-bond acceptors (Lipinski definition) is 4. The van der Waals surface area contributed by atoms with Crippen LogP contribution in [0, 0.1) is 5.82 Å². The molecule has 3 rings (SSSR count). The fourth-order valence-electron chi connectivity index (χ4n) is 3.42. The predicted molar refractivity (Wildman–Crippen MR) is 114 cm³/mol. The minimum atomic E-state index is -0.567. The maximum Gasteiger partial charge on any atom is 0.253 e. The second-order valence-electron chi connectivity index (χ2n) is 7.28. The molecule has 8 heteroatoms. The van der Waals surface area contributed by atoms with Gasteiger partial charge in [-0.2, -0.15) is 0 Å². The molecule has 2 aromatic carbocycles. The van der Waals surface area contributed by atoms with Crippen molar-refractivity contribution in [3.8, 4) is 0 Å². The number of para-hydroxylation sites is 1. The number of hydrogen-bond donors (Lipinski definition) is 4. The van der Waals surface area contributed by atoms with Crippen LogP contribution < -0.4 is 21.3 Å². The SMILES string of the molecule is CC(=O)Nc1cc(NCC(=O)Nc2ccccc2C(=O)NC2CCCC2)ccc1F. The van der Waals surface area contributed by atoms with E-state index in [0.717, 1.165) is 25.7 Å². The van der Waals surface area contributed by atoms with Gasteiger partial charge < -0.3 is 21.3 Å². The summed E-state index contributed by atoms with van der Waals surface area (Å²) in [4.78, 5) is 36.1. The molecule has 3 amide bonds. The van der Waals surface area contributed by atoms with E-state index in [4.69, 9.17) is 0 Å². The molecule has 0 aliphatic heterocycles. The number of carbonyl (C=O) groups is 3. The Kier molecular flexibility index (Phi) is 7.00. The molecule has 0 aromatic heterocycles. The van der Waals surface area contributed by atoms with Crippen LogP contribution in [-0.2, 0) is 9.59 Å². The molecular formula is C22H25FN4O3. The van der Waals surface area contributed by atoms with Crippen LogP contribution in [0.5, 0.6) is 0 Å². The van der Waals surface area contributed by atoms with Crippen LogP contribution in [0.25, 0.3) is 0 Å². The summed E-state index contributed by atoms with van der Waals surface area (Å²) in [7, 11) is 0. The van der Waals surface area contributed by atoms with Crippen molar-refractivity contribution in [2.45, 2.75) is 38.6 Å². The van der Waals surface area contributed by atoms with Gasteiger partial charge in [0.05, 0.1) is 23.5 Å². The van der Waals surface area contributed by atoms with E-state index < -0.39 is 11.7 Å². The Morgan fingerprint density at radius 2 is 1.73 bits per heavy atom. The number of amides is 3. The standard InChI is InChI=1S/C22H25FN4O3/c1-14(28)25-20-12-16(10-11-18(20)23)24-13-21(29)27-19-9-5-4-8-17(19)22(30)26-15-6-2-3-7-15/h4-5,8-12,15,24H,2-3,6-7,13H2,1H3,(H,25,28)(H,26,30)(H,27,29). The smallest absolute Gasteiger partial charge is 0.253 e. The van der Waals surface area contributed by atoms with Crippen LogP contribution in [-0.4, -0.2) is 30.3 Å². The number of nitrogens with one attached hydrogen (secondary N) is 4. The zero-order valence-electron chi connectivity index (χ0n) is 16.8. The maximum atomic E-state index is 13.7. The van der Waals surface area contributed by atoms with E-state index in [1.54, 1.807) is 24.3 Å². The Bertz CT molecular complexity index is 942. The Labute approximate surface area is 174 Å². The topological polar surface area (TPSA) is 99.3 Å². The molecule has 0 saturated heterocycles. The lowest BCUT2D eigenvalue weighted by Crippen LogP contribution is -2.33. The first kappa shape index (κ1) is 21.3. The lowest BCUT2D eigenvalue weighted by molar-refractivity contribution is -0.115. The molecule has 1 fully saturated rings. The maximum absolute atomic E-state index is 13.7. The molecule has 158 valence electrons. The van der Waals surface area contributed by atoms with Crippen molar-refractivity contribution in [2.75, 3.05) is 22.5 Å². The number of carbonyl (C=O) groups excluding carboxylic acids is 3. The highest BCUT2D eigenvalue weighted by Crippen LogP contribution is 2.21. The highest BCUT2D eigenvalue weighted by Gasteiger charge is 2.20. The molecule has 0 radical (unpaired) electrons. The summed E-state index contributed by atoms with van der Waals surface area (Å²) in [6, 6.07) is 11.1. The number of anilines is 3. The fraction of sp³-hybridized carbons (Fsp3) is 0.318. The van der Waals surface area contributed by atoms with Crippen molar-refractivity contribution >= 4 is 34.8 Å². The van der Waals surface area contributed by atoms with E-state index >= 15 is 0 Å². The molecule has 0 unspecified atom stereocenters. The van der Waals surface area contributed by atoms with Gasteiger partial charge in [-0.3, -0.25) is 14.4 Å². The van der Waals surface area contributed by atoms with Crippen LogP contribution in [0.3, 0.4) is 0 Å². The van der Waals surface area contributed by atoms with Crippen molar-refractivity contribution in [1.29, 1.82) is 0 Å². The summed E-state index contributed by atoms with van der Waals surface area (Å²) < 4.78 is 13.7. The van der Waals surface area contributed by atoms with Crippen molar-refractivity contribution in [1.82, 2.24) is 5.32 Å². The lowest BCUT2D eigenvalue weighted by atomic mass is 10.1. The molecule has 0 bridgehead atoms. The average Bonchev–Trinajstić information content (AvgIpc) is 3.21. The largest absolute Gasteiger partial charge is 0.376 e. The molecule has 0 heterocycles. The highest BCUT2D eigenvalue weighted by molar-refractivity contribution is 6.04. The van der Waals surface area contributed by atoms with E-state index in [0.29, 0.717) is 16.9 Å². The monoisotopic (exact) mass is 412 g/mol. The van der Waals surface area contributed by atoms with Crippen LogP contribution in [0.4, 0.5) is 21.5 Å². The average molecular weight is 412 g/mol. The second-order valence-corrected chi connectivity index (χ2v) is 7.28. The summed E-state index contributed by atoms with van der Waals surface area (Å²) in [5, 5.41) is 11.0. The Hall–Kier alpha value is -3.42. The van der Waals surface area contributed by atoms with Crippen molar-refractivity contribution < 1.29 is 18.8 Å².